The number of nitrogens with zero attached hydrogens (tertiary/aromatic N) is 2. The van der Waals surface area contributed by atoms with Gasteiger partial charge in [-0.1, -0.05) is 35.6 Å². The average molecular weight is 539 g/mol. The summed E-state index contributed by atoms with van der Waals surface area (Å²) in [6, 6.07) is 19.7. The Morgan fingerprint density at radius 2 is 1.78 bits per heavy atom. The smallest absolute Gasteiger partial charge is 0.279 e. The molecule has 0 aliphatic carbocycles. The van der Waals surface area contributed by atoms with E-state index in [2.05, 4.69) is 15.0 Å². The van der Waals surface area contributed by atoms with Crippen molar-refractivity contribution in [3.63, 3.8) is 0 Å². The van der Waals surface area contributed by atoms with Gasteiger partial charge in [0.1, 0.15) is 0 Å². The second-order valence-electron chi connectivity index (χ2n) is 8.01. The number of hydrogen-bond acceptors (Lipinski definition) is 6. The van der Waals surface area contributed by atoms with Gasteiger partial charge in [-0.2, -0.15) is 4.99 Å². The number of anilines is 2. The van der Waals surface area contributed by atoms with E-state index in [1.807, 2.05) is 23.6 Å². The first-order valence-corrected chi connectivity index (χ1v) is 13.8. The molecular formula is C26H26N4O5S2. The fraction of sp³-hybridized carbons (Fsp3) is 0.192. The number of carbonyl (C=O) groups excluding carboxylic acids is 2. The zero-order chi connectivity index (χ0) is 26.4. The summed E-state index contributed by atoms with van der Waals surface area (Å²) in [6.45, 7) is 4.83. The van der Waals surface area contributed by atoms with Gasteiger partial charge in [-0.3, -0.25) is 14.3 Å². The van der Waals surface area contributed by atoms with Gasteiger partial charge < -0.3 is 14.6 Å². The summed E-state index contributed by atoms with van der Waals surface area (Å²) in [5, 5.41) is 2.76. The third-order valence-corrected chi connectivity index (χ3v) is 7.72. The van der Waals surface area contributed by atoms with Gasteiger partial charge in [-0.05, 0) is 55.5 Å². The highest BCUT2D eigenvalue weighted by Crippen LogP contribution is 2.23. The van der Waals surface area contributed by atoms with Crippen LogP contribution in [0.3, 0.4) is 0 Å². The average Bonchev–Trinajstić information content (AvgIpc) is 3.20. The van der Waals surface area contributed by atoms with Crippen molar-refractivity contribution in [2.75, 3.05) is 23.3 Å². The van der Waals surface area contributed by atoms with Crippen LogP contribution in [0.2, 0.25) is 0 Å². The Balaban J connectivity index is 1.67. The zero-order valence-corrected chi connectivity index (χ0v) is 21.9. The van der Waals surface area contributed by atoms with Crippen LogP contribution in [0.15, 0.2) is 82.7 Å². The van der Waals surface area contributed by atoms with Crippen molar-refractivity contribution in [1.29, 1.82) is 0 Å². The lowest BCUT2D eigenvalue weighted by molar-refractivity contribution is -0.114. The normalized spacial score (nSPS) is 12.0. The van der Waals surface area contributed by atoms with E-state index < -0.39 is 15.9 Å². The number of thiazole rings is 1. The van der Waals surface area contributed by atoms with Crippen molar-refractivity contribution in [1.82, 2.24) is 4.57 Å². The molecule has 0 bridgehead atoms. The summed E-state index contributed by atoms with van der Waals surface area (Å²) < 4.78 is 36.1. The molecule has 2 amide bonds. The Morgan fingerprint density at radius 1 is 1.00 bits per heavy atom. The van der Waals surface area contributed by atoms with E-state index in [1.54, 1.807) is 42.5 Å². The topological polar surface area (TPSA) is 119 Å². The van der Waals surface area contributed by atoms with Crippen LogP contribution < -0.4 is 14.8 Å². The quantitative estimate of drug-likeness (QED) is 0.309. The minimum absolute atomic E-state index is 0.121. The van der Waals surface area contributed by atoms with Gasteiger partial charge in [-0.15, -0.1) is 0 Å². The largest absolute Gasteiger partial charge is 0.380 e. The van der Waals surface area contributed by atoms with Gasteiger partial charge >= 0.3 is 0 Å². The third-order valence-electron chi connectivity index (χ3n) is 5.28. The molecule has 9 nitrogen and oxygen atoms in total. The Bertz CT molecular complexity index is 1610. The van der Waals surface area contributed by atoms with E-state index in [0.29, 0.717) is 30.2 Å². The zero-order valence-electron chi connectivity index (χ0n) is 20.3. The maximum absolute atomic E-state index is 13.1. The molecular weight excluding hydrogens is 512 g/mol. The highest BCUT2D eigenvalue weighted by Gasteiger charge is 2.15. The number of sulfonamides is 1. The molecule has 4 aromatic rings. The number of ether oxygens (including phenoxy) is 1. The van der Waals surface area contributed by atoms with Gasteiger partial charge in [-0.25, -0.2) is 8.42 Å². The first kappa shape index (κ1) is 26.3. The summed E-state index contributed by atoms with van der Waals surface area (Å²) in [4.78, 5) is 29.5. The van der Waals surface area contributed by atoms with Crippen molar-refractivity contribution < 1.29 is 22.7 Å². The van der Waals surface area contributed by atoms with Crippen LogP contribution in [-0.2, 0) is 26.1 Å². The van der Waals surface area contributed by atoms with Crippen LogP contribution in [0.5, 0.6) is 0 Å². The van der Waals surface area contributed by atoms with Gasteiger partial charge in [0, 0.05) is 37.0 Å². The molecule has 0 fully saturated rings. The van der Waals surface area contributed by atoms with Gasteiger partial charge in [0.05, 0.1) is 21.7 Å². The molecule has 0 unspecified atom stereocenters. The molecule has 0 aliphatic rings. The molecule has 1 aromatic heterocycles. The van der Waals surface area contributed by atoms with Crippen molar-refractivity contribution in [2.45, 2.75) is 25.3 Å². The third kappa shape index (κ3) is 6.50. The number of amides is 2. The number of aromatic nitrogens is 1. The van der Waals surface area contributed by atoms with E-state index in [0.717, 1.165) is 10.2 Å². The molecule has 3 aromatic carbocycles. The van der Waals surface area contributed by atoms with Crippen LogP contribution in [0.1, 0.15) is 24.2 Å². The van der Waals surface area contributed by atoms with Crippen LogP contribution in [0.25, 0.3) is 10.2 Å². The second-order valence-corrected chi connectivity index (χ2v) is 10.7. The Kier molecular flexibility index (Phi) is 8.17. The van der Waals surface area contributed by atoms with Gasteiger partial charge in [0.25, 0.3) is 15.9 Å². The lowest BCUT2D eigenvalue weighted by Crippen LogP contribution is -2.20. The summed E-state index contributed by atoms with van der Waals surface area (Å²) in [6.07, 6.45) is 0. The molecule has 0 radical (unpaired) electrons. The first-order valence-electron chi connectivity index (χ1n) is 11.5. The predicted molar refractivity (Wildman–Crippen MR) is 144 cm³/mol. The molecule has 0 spiro atoms. The fourth-order valence-electron chi connectivity index (χ4n) is 3.64. The maximum Gasteiger partial charge on any atom is 0.279 e. The number of nitrogens with one attached hydrogen (secondary N) is 2. The molecule has 37 heavy (non-hydrogen) atoms. The lowest BCUT2D eigenvalue weighted by Gasteiger charge is -2.09. The number of rotatable bonds is 9. The van der Waals surface area contributed by atoms with Crippen molar-refractivity contribution in [2.24, 2.45) is 4.99 Å². The Morgan fingerprint density at radius 3 is 2.51 bits per heavy atom. The standard InChI is InChI=1S/C26H26N4O5S2/c1-3-35-15-14-30-23-13-12-20(27-18(2)31)17-24(23)36-26(30)28-25(32)19-8-7-9-21(16-19)29-37(33,34)22-10-5-4-6-11-22/h4-13,16-17,29H,3,14-15H2,1-2H3,(H,27,31). The van der Waals surface area contributed by atoms with Crippen molar-refractivity contribution in [3.05, 3.63) is 83.2 Å². The van der Waals surface area contributed by atoms with Crippen molar-refractivity contribution >= 4 is 54.8 Å². The molecule has 0 saturated heterocycles. The fourth-order valence-corrected chi connectivity index (χ4v) is 5.80. The van der Waals surface area contributed by atoms with Crippen LogP contribution in [0, 0.1) is 0 Å². The highest BCUT2D eigenvalue weighted by molar-refractivity contribution is 7.92. The molecule has 0 aliphatic heterocycles. The number of carbonyl (C=O) groups is 2. The molecule has 0 atom stereocenters. The van der Waals surface area contributed by atoms with Crippen LogP contribution in [0.4, 0.5) is 11.4 Å². The van der Waals surface area contributed by atoms with Gasteiger partial charge in [0.2, 0.25) is 5.91 Å². The first-order chi connectivity index (χ1) is 17.8. The molecule has 1 heterocycles. The van der Waals surface area contributed by atoms with E-state index >= 15 is 0 Å². The molecule has 2 N–H and O–H groups in total. The molecule has 11 heteroatoms. The molecule has 192 valence electrons. The highest BCUT2D eigenvalue weighted by atomic mass is 32.2. The number of hydrogen-bond donors (Lipinski definition) is 2. The van der Waals surface area contributed by atoms with E-state index in [4.69, 9.17) is 4.74 Å². The summed E-state index contributed by atoms with van der Waals surface area (Å²) in [5.41, 5.74) is 2.00. The summed E-state index contributed by atoms with van der Waals surface area (Å²) in [7, 11) is -3.80. The monoisotopic (exact) mass is 538 g/mol. The minimum atomic E-state index is -3.80. The second kappa shape index (κ2) is 11.5. The maximum atomic E-state index is 13.1. The van der Waals surface area contributed by atoms with E-state index in [1.165, 1.54) is 36.5 Å². The summed E-state index contributed by atoms with van der Waals surface area (Å²) in [5.74, 6) is -0.692. The lowest BCUT2D eigenvalue weighted by atomic mass is 10.2. The van der Waals surface area contributed by atoms with E-state index in [9.17, 15) is 18.0 Å². The van der Waals surface area contributed by atoms with Gasteiger partial charge in [0.15, 0.2) is 4.80 Å². The number of fused-ring (bicyclic) bond motifs is 1. The summed E-state index contributed by atoms with van der Waals surface area (Å²) >= 11 is 1.31. The Labute approximate surface area is 218 Å². The molecule has 4 rings (SSSR count). The van der Waals surface area contributed by atoms with Crippen LogP contribution >= 0.6 is 11.3 Å². The SMILES string of the molecule is CCOCCn1c(=NC(=O)c2cccc(NS(=O)(=O)c3ccccc3)c2)sc2cc(NC(C)=O)ccc21. The number of benzene rings is 3. The predicted octanol–water partition coefficient (Wildman–Crippen LogP) is 4.24. The Hall–Kier alpha value is -3.80. The minimum Gasteiger partial charge on any atom is -0.380 e. The van der Waals surface area contributed by atoms with Crippen LogP contribution in [-0.4, -0.2) is 38.0 Å². The van der Waals surface area contributed by atoms with Crippen molar-refractivity contribution in [3.8, 4) is 0 Å². The molecule has 0 saturated carbocycles. The van der Waals surface area contributed by atoms with E-state index in [-0.39, 0.29) is 22.1 Å².